The van der Waals surface area contributed by atoms with Crippen LogP contribution in [0.4, 0.5) is 25.1 Å². The summed E-state index contributed by atoms with van der Waals surface area (Å²) in [5.74, 6) is -0.119. The number of carbonyl (C=O) groups is 4. The maximum absolute atomic E-state index is 12.3. The molecule has 1 aromatic heterocycles. The fourth-order valence-electron chi connectivity index (χ4n) is 1.88. The largest absolute Gasteiger partial charge is 0.519 e. The van der Waals surface area contributed by atoms with Gasteiger partial charge in [0.2, 0.25) is 5.95 Å². The summed E-state index contributed by atoms with van der Waals surface area (Å²) in [7, 11) is 0. The molecule has 1 aromatic rings. The average molecular weight is 592 g/mol. The lowest BCUT2D eigenvalue weighted by atomic mass is 10.2. The number of hydrogen-bond donors (Lipinski definition) is 0. The number of ether oxygens (including phenoxy) is 5. The van der Waals surface area contributed by atoms with E-state index in [1.807, 2.05) is 0 Å². The minimum absolute atomic E-state index is 0.119. The third-order valence-electron chi connectivity index (χ3n) is 2.90. The monoisotopic (exact) mass is 591 g/mol. The first-order chi connectivity index (χ1) is 16.4. The molecule has 1 heterocycles. The van der Waals surface area contributed by atoms with Gasteiger partial charge in [-0.1, -0.05) is 0 Å². The smallest absolute Gasteiger partial charge is 0.443 e. The summed E-state index contributed by atoms with van der Waals surface area (Å²) >= 11 is 3.19. The Bertz CT molecular complexity index is 885. The van der Waals surface area contributed by atoms with Crippen molar-refractivity contribution in [2.45, 2.75) is 105 Å². The molecule has 12 nitrogen and oxygen atoms in total. The lowest BCUT2D eigenvalue weighted by Gasteiger charge is -2.27. The van der Waals surface area contributed by atoms with Crippen LogP contribution in [0, 0.1) is 0 Å². The molecule has 0 aromatic carbocycles. The number of halogens is 1. The summed E-state index contributed by atoms with van der Waals surface area (Å²) in [5.41, 5.74) is -2.93. The van der Waals surface area contributed by atoms with Gasteiger partial charge < -0.3 is 23.7 Å². The number of anilines is 1. The SMILES string of the molecule is CC(C)(C)OC(=O)N(C(=O)OC(C)(C)C)c1ncc(Br)cn1.CC(C)(C)OC(=O)OC(=O)OC(C)(C)C. The van der Waals surface area contributed by atoms with E-state index >= 15 is 0 Å². The van der Waals surface area contributed by atoms with Crippen LogP contribution in [0.1, 0.15) is 83.1 Å². The van der Waals surface area contributed by atoms with E-state index in [2.05, 4.69) is 30.6 Å². The number of rotatable bonds is 1. The van der Waals surface area contributed by atoms with Gasteiger partial charge in [-0.2, -0.15) is 0 Å². The number of imide groups is 1. The van der Waals surface area contributed by atoms with Crippen LogP contribution in [0.5, 0.6) is 0 Å². The van der Waals surface area contributed by atoms with Crippen molar-refractivity contribution in [2.75, 3.05) is 4.90 Å². The quantitative estimate of drug-likeness (QED) is 0.193. The van der Waals surface area contributed by atoms with Gasteiger partial charge in [-0.3, -0.25) is 0 Å². The topological polar surface area (TPSA) is 143 Å². The van der Waals surface area contributed by atoms with Crippen molar-refractivity contribution < 1.29 is 42.9 Å². The maximum Gasteiger partial charge on any atom is 0.519 e. The first kappa shape index (κ1) is 34.0. The average Bonchev–Trinajstić information content (AvgIpc) is 2.57. The molecular formula is C24H38BrN3O9. The van der Waals surface area contributed by atoms with Crippen LogP contribution in [-0.4, -0.2) is 56.9 Å². The number of carbonyl (C=O) groups excluding carboxylic acids is 4. The predicted octanol–water partition coefficient (Wildman–Crippen LogP) is 6.79. The molecule has 13 heteroatoms. The number of hydrogen-bond acceptors (Lipinski definition) is 11. The van der Waals surface area contributed by atoms with E-state index < -0.39 is 46.9 Å². The summed E-state index contributed by atoms with van der Waals surface area (Å²) < 4.78 is 24.8. The van der Waals surface area contributed by atoms with E-state index in [1.54, 1.807) is 83.1 Å². The Labute approximate surface area is 226 Å². The van der Waals surface area contributed by atoms with Crippen molar-refractivity contribution in [1.29, 1.82) is 0 Å². The third kappa shape index (κ3) is 17.2. The number of nitrogens with zero attached hydrogens (tertiary/aromatic N) is 3. The summed E-state index contributed by atoms with van der Waals surface area (Å²) in [6, 6.07) is 0. The van der Waals surface area contributed by atoms with Crippen LogP contribution in [0.15, 0.2) is 16.9 Å². The molecule has 37 heavy (non-hydrogen) atoms. The molecule has 0 radical (unpaired) electrons. The molecule has 210 valence electrons. The van der Waals surface area contributed by atoms with E-state index in [-0.39, 0.29) is 5.95 Å². The van der Waals surface area contributed by atoms with Gasteiger partial charge in [0, 0.05) is 12.4 Å². The van der Waals surface area contributed by atoms with Crippen LogP contribution >= 0.6 is 15.9 Å². The van der Waals surface area contributed by atoms with Gasteiger partial charge in [-0.05, 0) is 99.0 Å². The Balaban J connectivity index is 0.000000757. The van der Waals surface area contributed by atoms with Gasteiger partial charge in [0.15, 0.2) is 0 Å². The van der Waals surface area contributed by atoms with Crippen molar-refractivity contribution in [3.05, 3.63) is 16.9 Å². The highest BCUT2D eigenvalue weighted by Crippen LogP contribution is 2.19. The first-order valence-corrected chi connectivity index (χ1v) is 12.1. The van der Waals surface area contributed by atoms with E-state index in [0.29, 0.717) is 9.37 Å². The molecule has 0 saturated carbocycles. The van der Waals surface area contributed by atoms with Crippen molar-refractivity contribution in [3.8, 4) is 0 Å². The highest BCUT2D eigenvalue weighted by Gasteiger charge is 2.34. The van der Waals surface area contributed by atoms with Gasteiger partial charge in [0.1, 0.15) is 22.4 Å². The molecule has 0 aliphatic heterocycles. The molecule has 0 N–H and O–H groups in total. The Morgan fingerprint density at radius 1 is 0.622 bits per heavy atom. The number of aromatic nitrogens is 2. The van der Waals surface area contributed by atoms with Crippen LogP contribution in [0.25, 0.3) is 0 Å². The Hall–Kier alpha value is -2.96. The normalized spacial score (nSPS) is 11.8. The maximum atomic E-state index is 12.3. The van der Waals surface area contributed by atoms with Gasteiger partial charge in [0.05, 0.1) is 4.47 Å². The zero-order valence-corrected chi connectivity index (χ0v) is 25.1. The molecule has 0 fully saturated rings. The standard InChI is InChI=1S/C14H20BrN3O4.C10H18O5/c1-13(2,3)21-11(19)18(12(20)22-14(4,5)6)10-16-7-9(15)8-17-10;1-9(2,3)14-7(11)13-8(12)15-10(4,5)6/h7-8H,1-6H3;1-6H3. The first-order valence-electron chi connectivity index (χ1n) is 11.3. The second-order valence-corrected chi connectivity index (χ2v) is 12.4. The zero-order chi connectivity index (χ0) is 29.4. The molecule has 0 spiro atoms. The molecule has 0 bridgehead atoms. The van der Waals surface area contributed by atoms with Crippen LogP contribution in [0.2, 0.25) is 0 Å². The van der Waals surface area contributed by atoms with E-state index in [0.717, 1.165) is 0 Å². The molecule has 0 saturated heterocycles. The Morgan fingerprint density at radius 3 is 1.19 bits per heavy atom. The predicted molar refractivity (Wildman–Crippen MR) is 138 cm³/mol. The van der Waals surface area contributed by atoms with Crippen LogP contribution in [0.3, 0.4) is 0 Å². The highest BCUT2D eigenvalue weighted by molar-refractivity contribution is 9.10. The summed E-state index contributed by atoms with van der Waals surface area (Å²) in [4.78, 5) is 55.1. The van der Waals surface area contributed by atoms with E-state index in [1.165, 1.54) is 12.4 Å². The second-order valence-electron chi connectivity index (χ2n) is 11.5. The van der Waals surface area contributed by atoms with Crippen LogP contribution < -0.4 is 4.90 Å². The van der Waals surface area contributed by atoms with Crippen molar-refractivity contribution in [3.63, 3.8) is 0 Å². The number of amides is 2. The van der Waals surface area contributed by atoms with E-state index in [4.69, 9.17) is 18.9 Å². The minimum Gasteiger partial charge on any atom is -0.443 e. The minimum atomic E-state index is -1.06. The van der Waals surface area contributed by atoms with Crippen molar-refractivity contribution in [1.82, 2.24) is 9.97 Å². The van der Waals surface area contributed by atoms with Crippen LogP contribution in [-0.2, 0) is 23.7 Å². The fraction of sp³-hybridized carbons (Fsp3) is 0.667. The van der Waals surface area contributed by atoms with Gasteiger partial charge in [-0.15, -0.1) is 4.90 Å². The van der Waals surface area contributed by atoms with Crippen molar-refractivity contribution in [2.24, 2.45) is 0 Å². The zero-order valence-electron chi connectivity index (χ0n) is 23.5. The lowest BCUT2D eigenvalue weighted by Crippen LogP contribution is -2.44. The second kappa shape index (κ2) is 13.0. The Morgan fingerprint density at radius 2 is 0.919 bits per heavy atom. The summed E-state index contributed by atoms with van der Waals surface area (Å²) in [6.45, 7) is 20.2. The van der Waals surface area contributed by atoms with Gasteiger partial charge in [-0.25, -0.2) is 29.1 Å². The van der Waals surface area contributed by atoms with Crippen molar-refractivity contribution >= 4 is 46.4 Å². The molecule has 0 unspecified atom stereocenters. The fourth-order valence-corrected chi connectivity index (χ4v) is 2.09. The molecule has 0 atom stereocenters. The molecular weight excluding hydrogens is 554 g/mol. The molecule has 2 amide bonds. The molecule has 1 rings (SSSR count). The summed E-state index contributed by atoms with van der Waals surface area (Å²) in [6.07, 6.45) is -1.07. The van der Waals surface area contributed by atoms with Gasteiger partial charge >= 0.3 is 24.5 Å². The third-order valence-corrected chi connectivity index (χ3v) is 3.31. The Kier molecular flexibility index (Phi) is 12.0. The highest BCUT2D eigenvalue weighted by atomic mass is 79.9. The van der Waals surface area contributed by atoms with E-state index in [9.17, 15) is 19.2 Å². The molecule has 0 aliphatic carbocycles. The van der Waals surface area contributed by atoms with Gasteiger partial charge in [0.25, 0.3) is 0 Å². The molecule has 0 aliphatic rings. The summed E-state index contributed by atoms with van der Waals surface area (Å²) in [5, 5.41) is 0. The lowest BCUT2D eigenvalue weighted by molar-refractivity contribution is -0.0294.